The standard InChI is InChI=1S/C21H19F2NO4/c1-12-4-3-5-18(13(12)2)24-10-15(9-20(24)26)21(27)28-11-19(25)14-6-7-16(22)17(23)8-14/h3-8,15H,9-11H2,1-2H3/t15-/m0/s1. The number of nitrogens with zero attached hydrogens (tertiary/aromatic N) is 1. The van der Waals surface area contributed by atoms with Crippen LogP contribution in [0.1, 0.15) is 27.9 Å². The molecule has 0 radical (unpaired) electrons. The van der Waals surface area contributed by atoms with Crippen LogP contribution in [0.5, 0.6) is 0 Å². The van der Waals surface area contributed by atoms with Gasteiger partial charge in [-0.2, -0.15) is 0 Å². The Bertz CT molecular complexity index is 957. The minimum absolute atomic E-state index is 0.00835. The average Bonchev–Trinajstić information content (AvgIpc) is 3.05. The van der Waals surface area contributed by atoms with E-state index in [4.69, 9.17) is 4.74 Å². The molecule has 1 heterocycles. The maximum absolute atomic E-state index is 13.2. The molecule has 146 valence electrons. The summed E-state index contributed by atoms with van der Waals surface area (Å²) in [6.45, 7) is 3.42. The smallest absolute Gasteiger partial charge is 0.311 e. The van der Waals surface area contributed by atoms with Gasteiger partial charge >= 0.3 is 5.97 Å². The Morgan fingerprint density at radius 2 is 1.89 bits per heavy atom. The molecule has 0 aromatic heterocycles. The van der Waals surface area contributed by atoms with E-state index in [1.165, 1.54) is 0 Å². The van der Waals surface area contributed by atoms with Crippen molar-refractivity contribution in [2.75, 3.05) is 18.1 Å². The highest BCUT2D eigenvalue weighted by Crippen LogP contribution is 2.29. The van der Waals surface area contributed by atoms with Crippen LogP contribution in [0, 0.1) is 31.4 Å². The zero-order chi connectivity index (χ0) is 20.4. The van der Waals surface area contributed by atoms with E-state index in [0.29, 0.717) is 0 Å². The number of hydrogen-bond donors (Lipinski definition) is 0. The van der Waals surface area contributed by atoms with Crippen molar-refractivity contribution in [3.63, 3.8) is 0 Å². The summed E-state index contributed by atoms with van der Waals surface area (Å²) in [5.74, 6) is -4.42. The van der Waals surface area contributed by atoms with Crippen molar-refractivity contribution in [2.45, 2.75) is 20.3 Å². The zero-order valence-corrected chi connectivity index (χ0v) is 15.5. The number of halogens is 2. The predicted molar refractivity (Wildman–Crippen MR) is 98.0 cm³/mol. The fourth-order valence-electron chi connectivity index (χ4n) is 3.13. The summed E-state index contributed by atoms with van der Waals surface area (Å²) >= 11 is 0. The first-order chi connectivity index (χ1) is 13.3. The van der Waals surface area contributed by atoms with Gasteiger partial charge in [-0.3, -0.25) is 14.4 Å². The summed E-state index contributed by atoms with van der Waals surface area (Å²) in [6.07, 6.45) is -0.00835. The van der Waals surface area contributed by atoms with Crippen LogP contribution in [0.25, 0.3) is 0 Å². The van der Waals surface area contributed by atoms with Gasteiger partial charge in [-0.25, -0.2) is 8.78 Å². The van der Waals surface area contributed by atoms with Crippen molar-refractivity contribution in [2.24, 2.45) is 5.92 Å². The van der Waals surface area contributed by atoms with Crippen molar-refractivity contribution in [1.29, 1.82) is 0 Å². The largest absolute Gasteiger partial charge is 0.457 e. The molecule has 5 nitrogen and oxygen atoms in total. The lowest BCUT2D eigenvalue weighted by Crippen LogP contribution is -2.27. The molecule has 28 heavy (non-hydrogen) atoms. The Labute approximate surface area is 160 Å². The minimum Gasteiger partial charge on any atom is -0.457 e. The van der Waals surface area contributed by atoms with Crippen molar-refractivity contribution >= 4 is 23.3 Å². The molecule has 1 aliphatic heterocycles. The number of benzene rings is 2. The molecule has 1 amide bonds. The first-order valence-electron chi connectivity index (χ1n) is 8.79. The Balaban J connectivity index is 1.62. The van der Waals surface area contributed by atoms with Gasteiger partial charge in [-0.1, -0.05) is 12.1 Å². The maximum Gasteiger partial charge on any atom is 0.311 e. The van der Waals surface area contributed by atoms with E-state index in [0.717, 1.165) is 35.0 Å². The van der Waals surface area contributed by atoms with E-state index in [1.54, 1.807) is 4.90 Å². The van der Waals surface area contributed by atoms with Crippen LogP contribution in [0.15, 0.2) is 36.4 Å². The van der Waals surface area contributed by atoms with Gasteiger partial charge in [-0.05, 0) is 49.2 Å². The third-order valence-electron chi connectivity index (χ3n) is 4.91. The molecule has 0 unspecified atom stereocenters. The normalized spacial score (nSPS) is 16.4. The third kappa shape index (κ3) is 3.93. The molecule has 0 N–H and O–H groups in total. The van der Waals surface area contributed by atoms with E-state index in [9.17, 15) is 23.2 Å². The van der Waals surface area contributed by atoms with Crippen molar-refractivity contribution in [3.8, 4) is 0 Å². The predicted octanol–water partition coefficient (Wildman–Crippen LogP) is 3.36. The summed E-state index contributed by atoms with van der Waals surface area (Å²) in [6, 6.07) is 8.32. The first kappa shape index (κ1) is 19.7. The topological polar surface area (TPSA) is 63.7 Å². The monoisotopic (exact) mass is 387 g/mol. The molecule has 7 heteroatoms. The lowest BCUT2D eigenvalue weighted by atomic mass is 10.1. The van der Waals surface area contributed by atoms with Gasteiger partial charge in [0.25, 0.3) is 0 Å². The van der Waals surface area contributed by atoms with Gasteiger partial charge in [0.05, 0.1) is 5.92 Å². The van der Waals surface area contributed by atoms with Gasteiger partial charge in [0.2, 0.25) is 5.91 Å². The lowest BCUT2D eigenvalue weighted by molar-refractivity contribution is -0.147. The highest BCUT2D eigenvalue weighted by molar-refractivity contribution is 6.01. The third-order valence-corrected chi connectivity index (χ3v) is 4.91. The highest BCUT2D eigenvalue weighted by Gasteiger charge is 2.37. The molecule has 0 spiro atoms. The van der Waals surface area contributed by atoms with Crippen LogP contribution in [0.4, 0.5) is 14.5 Å². The number of hydrogen-bond acceptors (Lipinski definition) is 4. The number of rotatable bonds is 5. The molecule has 1 fully saturated rings. The number of anilines is 1. The fraction of sp³-hybridized carbons (Fsp3) is 0.286. The number of aryl methyl sites for hydroxylation is 1. The lowest BCUT2D eigenvalue weighted by Gasteiger charge is -2.20. The Morgan fingerprint density at radius 3 is 2.61 bits per heavy atom. The fourth-order valence-corrected chi connectivity index (χ4v) is 3.13. The highest BCUT2D eigenvalue weighted by atomic mass is 19.2. The van der Waals surface area contributed by atoms with Gasteiger partial charge in [0, 0.05) is 24.2 Å². The molecule has 1 atom stereocenters. The quantitative estimate of drug-likeness (QED) is 0.583. The summed E-state index contributed by atoms with van der Waals surface area (Å²) in [4.78, 5) is 38.2. The maximum atomic E-state index is 13.2. The molecule has 2 aromatic carbocycles. The van der Waals surface area contributed by atoms with Crippen LogP contribution in [-0.2, 0) is 14.3 Å². The molecule has 3 rings (SSSR count). The van der Waals surface area contributed by atoms with E-state index < -0.39 is 35.9 Å². The molecule has 2 aromatic rings. The van der Waals surface area contributed by atoms with Crippen LogP contribution in [0.3, 0.4) is 0 Å². The second-order valence-corrected chi connectivity index (χ2v) is 6.78. The van der Waals surface area contributed by atoms with Crippen LogP contribution < -0.4 is 4.90 Å². The number of carbonyl (C=O) groups excluding carboxylic acids is 3. The van der Waals surface area contributed by atoms with Gasteiger partial charge in [0.1, 0.15) is 0 Å². The van der Waals surface area contributed by atoms with E-state index >= 15 is 0 Å². The van der Waals surface area contributed by atoms with E-state index in [1.807, 2.05) is 32.0 Å². The Hall–Kier alpha value is -3.09. The van der Waals surface area contributed by atoms with Crippen molar-refractivity contribution in [3.05, 3.63) is 64.7 Å². The second kappa shape index (κ2) is 7.88. The van der Waals surface area contributed by atoms with Crippen molar-refractivity contribution in [1.82, 2.24) is 0 Å². The molecule has 1 aliphatic rings. The van der Waals surface area contributed by atoms with Gasteiger partial charge in [-0.15, -0.1) is 0 Å². The number of carbonyl (C=O) groups is 3. The number of amides is 1. The Kier molecular flexibility index (Phi) is 5.53. The van der Waals surface area contributed by atoms with Crippen LogP contribution >= 0.6 is 0 Å². The summed E-state index contributed by atoms with van der Waals surface area (Å²) < 4.78 is 31.2. The average molecular weight is 387 g/mol. The second-order valence-electron chi connectivity index (χ2n) is 6.78. The molecule has 1 saturated heterocycles. The first-order valence-corrected chi connectivity index (χ1v) is 8.79. The SMILES string of the molecule is Cc1cccc(N2C[C@@H](C(=O)OCC(=O)c3ccc(F)c(F)c3)CC2=O)c1C. The number of esters is 1. The van der Waals surface area contributed by atoms with Crippen LogP contribution in [0.2, 0.25) is 0 Å². The minimum atomic E-state index is -1.15. The summed E-state index contributed by atoms with van der Waals surface area (Å²) in [7, 11) is 0. The summed E-state index contributed by atoms with van der Waals surface area (Å²) in [5, 5.41) is 0. The van der Waals surface area contributed by atoms with Crippen LogP contribution in [-0.4, -0.2) is 30.8 Å². The molecular formula is C21H19F2NO4. The number of ketones is 1. The Morgan fingerprint density at radius 1 is 1.14 bits per heavy atom. The molecule has 0 aliphatic carbocycles. The molecule has 0 saturated carbocycles. The van der Waals surface area contributed by atoms with Gasteiger partial charge < -0.3 is 9.64 Å². The zero-order valence-electron chi connectivity index (χ0n) is 15.5. The van der Waals surface area contributed by atoms with E-state index in [-0.39, 0.29) is 24.4 Å². The molecule has 0 bridgehead atoms. The van der Waals surface area contributed by atoms with Crippen molar-refractivity contribution < 1.29 is 27.9 Å². The number of ether oxygens (including phenoxy) is 1. The van der Waals surface area contributed by atoms with Gasteiger partial charge in [0.15, 0.2) is 24.0 Å². The summed E-state index contributed by atoms with van der Waals surface area (Å²) in [5.41, 5.74) is 2.65. The molecular weight excluding hydrogens is 368 g/mol. The van der Waals surface area contributed by atoms with E-state index in [2.05, 4.69) is 0 Å². The number of Topliss-reactive ketones (excluding diaryl/α,β-unsaturated/α-hetero) is 1.